The lowest BCUT2D eigenvalue weighted by atomic mass is 9.79. The van der Waals surface area contributed by atoms with Crippen LogP contribution in [0.5, 0.6) is 0 Å². The number of hydrogen-bond acceptors (Lipinski definition) is 0. The molecule has 0 saturated carbocycles. The third-order valence-corrected chi connectivity index (χ3v) is 3.75. The van der Waals surface area contributed by atoms with Gasteiger partial charge in [0.15, 0.2) is 0 Å². The first-order valence-electron chi connectivity index (χ1n) is 4.57. The van der Waals surface area contributed by atoms with Gasteiger partial charge in [-0.05, 0) is 45.8 Å². The molecule has 0 N–H and O–H groups in total. The van der Waals surface area contributed by atoms with Crippen molar-refractivity contribution in [2.45, 2.75) is 40.8 Å². The molecule has 0 radical (unpaired) electrons. The SMILES string of the molecule is CC1=C(C)C(C)(C(F)(F)F)C(C)=C1C. The number of rotatable bonds is 0. The van der Waals surface area contributed by atoms with Crippen LogP contribution in [0.15, 0.2) is 22.3 Å². The van der Waals surface area contributed by atoms with Crippen LogP contribution in [0.3, 0.4) is 0 Å². The molecule has 0 aromatic heterocycles. The summed E-state index contributed by atoms with van der Waals surface area (Å²) in [5, 5.41) is 0. The van der Waals surface area contributed by atoms with Crippen LogP contribution in [0, 0.1) is 5.41 Å². The van der Waals surface area contributed by atoms with Crippen molar-refractivity contribution in [1.82, 2.24) is 0 Å². The Bertz CT molecular complexity index is 305. The quantitative estimate of drug-likeness (QED) is 0.553. The first-order valence-corrected chi connectivity index (χ1v) is 4.57. The van der Waals surface area contributed by atoms with E-state index in [4.69, 9.17) is 0 Å². The summed E-state index contributed by atoms with van der Waals surface area (Å²) in [6.45, 7) is 7.92. The van der Waals surface area contributed by atoms with E-state index in [0.29, 0.717) is 11.1 Å². The molecule has 0 spiro atoms. The van der Waals surface area contributed by atoms with E-state index in [9.17, 15) is 13.2 Å². The molecule has 80 valence electrons. The van der Waals surface area contributed by atoms with Crippen LogP contribution in [0.1, 0.15) is 34.6 Å². The standard InChI is InChI=1S/C11H15F3/c1-6-7(2)9(4)10(5,8(6)3)11(12,13)14/h1-5H3. The van der Waals surface area contributed by atoms with Gasteiger partial charge in [0.05, 0.1) is 0 Å². The van der Waals surface area contributed by atoms with Crippen molar-refractivity contribution in [2.24, 2.45) is 5.41 Å². The van der Waals surface area contributed by atoms with Gasteiger partial charge in [-0.3, -0.25) is 0 Å². The van der Waals surface area contributed by atoms with Gasteiger partial charge in [-0.2, -0.15) is 13.2 Å². The van der Waals surface area contributed by atoms with Crippen LogP contribution in [0.25, 0.3) is 0 Å². The fraction of sp³-hybridized carbons (Fsp3) is 0.636. The monoisotopic (exact) mass is 204 g/mol. The van der Waals surface area contributed by atoms with Crippen LogP contribution in [-0.4, -0.2) is 6.18 Å². The van der Waals surface area contributed by atoms with E-state index in [1.807, 2.05) is 0 Å². The minimum absolute atomic E-state index is 0.431. The molecular weight excluding hydrogens is 189 g/mol. The molecule has 0 nitrogen and oxygen atoms in total. The molecule has 0 fully saturated rings. The molecule has 1 aliphatic rings. The largest absolute Gasteiger partial charge is 0.401 e. The first kappa shape index (κ1) is 11.3. The fourth-order valence-corrected chi connectivity index (χ4v) is 2.02. The van der Waals surface area contributed by atoms with E-state index in [0.717, 1.165) is 11.1 Å². The zero-order valence-electron chi connectivity index (χ0n) is 9.13. The summed E-state index contributed by atoms with van der Waals surface area (Å²) >= 11 is 0. The lowest BCUT2D eigenvalue weighted by molar-refractivity contribution is -0.189. The maximum Gasteiger partial charge on any atom is 0.401 e. The molecule has 0 atom stereocenters. The Morgan fingerprint density at radius 2 is 1.14 bits per heavy atom. The molecular formula is C11H15F3. The molecule has 1 rings (SSSR count). The second-order valence-corrected chi connectivity index (χ2v) is 4.12. The number of halogens is 3. The molecule has 3 heteroatoms. The highest BCUT2D eigenvalue weighted by Gasteiger charge is 2.56. The van der Waals surface area contributed by atoms with Crippen molar-refractivity contribution in [3.05, 3.63) is 22.3 Å². The first-order chi connectivity index (χ1) is 6.14. The van der Waals surface area contributed by atoms with Crippen LogP contribution in [0.2, 0.25) is 0 Å². The predicted octanol–water partition coefficient (Wildman–Crippen LogP) is 4.24. The van der Waals surface area contributed by atoms with E-state index < -0.39 is 11.6 Å². The molecule has 0 aromatic carbocycles. The lowest BCUT2D eigenvalue weighted by Crippen LogP contribution is -2.36. The molecule has 0 aromatic rings. The van der Waals surface area contributed by atoms with E-state index in [1.165, 1.54) is 6.92 Å². The van der Waals surface area contributed by atoms with Crippen LogP contribution in [-0.2, 0) is 0 Å². The molecule has 1 aliphatic carbocycles. The molecule has 14 heavy (non-hydrogen) atoms. The molecule has 0 unspecified atom stereocenters. The highest BCUT2D eigenvalue weighted by atomic mass is 19.4. The van der Waals surface area contributed by atoms with Crippen LogP contribution in [0.4, 0.5) is 13.2 Å². The summed E-state index contributed by atoms with van der Waals surface area (Å²) in [7, 11) is 0. The predicted molar refractivity (Wildman–Crippen MR) is 50.9 cm³/mol. The minimum Gasteiger partial charge on any atom is -0.170 e. The Morgan fingerprint density at radius 1 is 0.857 bits per heavy atom. The Morgan fingerprint density at radius 3 is 1.29 bits per heavy atom. The molecule has 0 amide bonds. The Labute approximate surface area is 82.5 Å². The highest BCUT2D eigenvalue weighted by molar-refractivity contribution is 5.51. The Kier molecular flexibility index (Phi) is 2.33. The van der Waals surface area contributed by atoms with Gasteiger partial charge in [-0.1, -0.05) is 11.1 Å². The smallest absolute Gasteiger partial charge is 0.170 e. The Hall–Kier alpha value is -0.730. The third-order valence-electron chi connectivity index (χ3n) is 3.75. The van der Waals surface area contributed by atoms with Crippen molar-refractivity contribution in [3.8, 4) is 0 Å². The summed E-state index contributed by atoms with van der Waals surface area (Å²) in [6.07, 6.45) is -4.19. The van der Waals surface area contributed by atoms with E-state index >= 15 is 0 Å². The number of hydrogen-bond donors (Lipinski definition) is 0. The molecule has 0 bridgehead atoms. The summed E-state index contributed by atoms with van der Waals surface area (Å²) in [4.78, 5) is 0. The maximum atomic E-state index is 12.9. The number of alkyl halides is 3. The van der Waals surface area contributed by atoms with Crippen molar-refractivity contribution in [1.29, 1.82) is 0 Å². The van der Waals surface area contributed by atoms with Gasteiger partial charge < -0.3 is 0 Å². The summed E-state index contributed by atoms with van der Waals surface area (Å²) < 4.78 is 38.8. The highest BCUT2D eigenvalue weighted by Crippen LogP contribution is 2.55. The molecule has 0 aliphatic heterocycles. The van der Waals surface area contributed by atoms with Gasteiger partial charge >= 0.3 is 6.18 Å². The van der Waals surface area contributed by atoms with Gasteiger partial charge in [-0.25, -0.2) is 0 Å². The minimum atomic E-state index is -4.19. The summed E-state index contributed by atoms with van der Waals surface area (Å²) in [6, 6.07) is 0. The van der Waals surface area contributed by atoms with Gasteiger partial charge in [0, 0.05) is 0 Å². The zero-order chi connectivity index (χ0) is 11.3. The normalized spacial score (nSPS) is 22.3. The van der Waals surface area contributed by atoms with E-state index in [1.54, 1.807) is 27.7 Å². The van der Waals surface area contributed by atoms with Crippen LogP contribution >= 0.6 is 0 Å². The lowest BCUT2D eigenvalue weighted by Gasteiger charge is -2.31. The van der Waals surface area contributed by atoms with Gasteiger partial charge in [0.2, 0.25) is 0 Å². The summed E-state index contributed by atoms with van der Waals surface area (Å²) in [5.41, 5.74) is 0.672. The van der Waals surface area contributed by atoms with Gasteiger partial charge in [0.25, 0.3) is 0 Å². The third kappa shape index (κ3) is 1.14. The van der Waals surface area contributed by atoms with Crippen LogP contribution < -0.4 is 0 Å². The topological polar surface area (TPSA) is 0 Å². The van der Waals surface area contributed by atoms with E-state index in [-0.39, 0.29) is 0 Å². The Balaban J connectivity index is 3.42. The summed E-state index contributed by atoms with van der Waals surface area (Å²) in [5.74, 6) is 0. The fourth-order valence-electron chi connectivity index (χ4n) is 2.02. The van der Waals surface area contributed by atoms with Crippen molar-refractivity contribution in [3.63, 3.8) is 0 Å². The number of allylic oxidation sites excluding steroid dienone is 4. The van der Waals surface area contributed by atoms with Gasteiger partial charge in [-0.15, -0.1) is 0 Å². The molecule has 0 saturated heterocycles. The van der Waals surface area contributed by atoms with Crippen molar-refractivity contribution < 1.29 is 13.2 Å². The second-order valence-electron chi connectivity index (χ2n) is 4.12. The van der Waals surface area contributed by atoms with Crippen molar-refractivity contribution >= 4 is 0 Å². The average Bonchev–Trinajstić information content (AvgIpc) is 2.21. The van der Waals surface area contributed by atoms with Gasteiger partial charge in [0.1, 0.15) is 5.41 Å². The zero-order valence-corrected chi connectivity index (χ0v) is 9.13. The second kappa shape index (κ2) is 2.88. The maximum absolute atomic E-state index is 12.9. The molecule has 0 heterocycles. The van der Waals surface area contributed by atoms with Crippen molar-refractivity contribution in [2.75, 3.05) is 0 Å². The van der Waals surface area contributed by atoms with E-state index in [2.05, 4.69) is 0 Å². The average molecular weight is 204 g/mol.